The van der Waals surface area contributed by atoms with Crippen LogP contribution in [-0.2, 0) is 0 Å². The smallest absolute Gasteiger partial charge is 0.0546 e. The number of nitrogens with one attached hydrogen (secondary N) is 2. The van der Waals surface area contributed by atoms with E-state index < -0.39 is 0 Å². The average molecular weight is 587 g/mol. The van der Waals surface area contributed by atoms with Gasteiger partial charge >= 0.3 is 0 Å². The van der Waals surface area contributed by atoms with E-state index in [-0.39, 0.29) is 0 Å². The summed E-state index contributed by atoms with van der Waals surface area (Å²) >= 11 is 0. The Kier molecular flexibility index (Phi) is 6.17. The number of hydrogen-bond acceptors (Lipinski definition) is 1. The second kappa shape index (κ2) is 10.8. The maximum atomic E-state index is 3.73. The first-order chi connectivity index (χ1) is 22.8. The number of para-hydroxylation sites is 1. The van der Waals surface area contributed by atoms with Gasteiger partial charge < -0.3 is 10.3 Å². The second-order valence-corrected chi connectivity index (χ2v) is 11.9. The topological polar surface area (TPSA) is 27.8 Å². The van der Waals surface area contributed by atoms with Crippen molar-refractivity contribution >= 4 is 54.7 Å². The highest BCUT2D eigenvalue weighted by atomic mass is 14.9. The Morgan fingerprint density at radius 3 is 1.41 bits per heavy atom. The molecule has 9 aromatic rings. The molecule has 2 heteroatoms. The zero-order valence-corrected chi connectivity index (χ0v) is 25.2. The molecule has 2 nitrogen and oxygen atoms in total. The van der Waals surface area contributed by atoms with E-state index in [0.717, 1.165) is 22.4 Å². The van der Waals surface area contributed by atoms with E-state index in [1.807, 2.05) is 0 Å². The van der Waals surface area contributed by atoms with Crippen molar-refractivity contribution in [2.45, 2.75) is 0 Å². The second-order valence-electron chi connectivity index (χ2n) is 11.9. The number of hydrogen-bond donors (Lipinski definition) is 2. The van der Waals surface area contributed by atoms with Crippen molar-refractivity contribution in [3.05, 3.63) is 170 Å². The molecule has 0 saturated carbocycles. The highest BCUT2D eigenvalue weighted by Crippen LogP contribution is 2.44. The van der Waals surface area contributed by atoms with Gasteiger partial charge in [-0.05, 0) is 79.7 Å². The fourth-order valence-corrected chi connectivity index (χ4v) is 7.11. The van der Waals surface area contributed by atoms with Gasteiger partial charge in [0, 0.05) is 33.2 Å². The number of aromatic nitrogens is 1. The minimum atomic E-state index is 1.05. The van der Waals surface area contributed by atoms with Gasteiger partial charge in [0.25, 0.3) is 0 Å². The van der Waals surface area contributed by atoms with Gasteiger partial charge in [0.1, 0.15) is 0 Å². The number of H-pyrrole nitrogens is 1. The summed E-state index contributed by atoms with van der Waals surface area (Å²) < 4.78 is 0. The molecule has 0 unspecified atom stereocenters. The number of fused-ring (bicyclic) bond motifs is 5. The van der Waals surface area contributed by atoms with Crippen molar-refractivity contribution in [1.82, 2.24) is 4.98 Å². The SMILES string of the molecule is c1ccc(-c2c3ccccc3c(-c3ccc(Nc4cc(-c5ccccc5)c5[nH]c6ccccc6c5c4)cc3)c3ccccc23)cc1. The first-order valence-electron chi connectivity index (χ1n) is 15.8. The summed E-state index contributed by atoms with van der Waals surface area (Å²) in [7, 11) is 0. The lowest BCUT2D eigenvalue weighted by molar-refractivity contribution is 1.52. The minimum Gasteiger partial charge on any atom is -0.355 e. The molecule has 0 bridgehead atoms. The van der Waals surface area contributed by atoms with Crippen molar-refractivity contribution in [2.75, 3.05) is 5.32 Å². The van der Waals surface area contributed by atoms with E-state index in [0.29, 0.717) is 0 Å². The predicted molar refractivity (Wildman–Crippen MR) is 197 cm³/mol. The fraction of sp³-hybridized carbons (Fsp3) is 0. The van der Waals surface area contributed by atoms with Crippen LogP contribution in [0.2, 0.25) is 0 Å². The van der Waals surface area contributed by atoms with Gasteiger partial charge in [-0.3, -0.25) is 0 Å². The summed E-state index contributed by atoms with van der Waals surface area (Å²) in [6.45, 7) is 0. The largest absolute Gasteiger partial charge is 0.355 e. The zero-order chi connectivity index (χ0) is 30.5. The number of anilines is 2. The third-order valence-corrected chi connectivity index (χ3v) is 9.16. The molecule has 0 aliphatic rings. The van der Waals surface area contributed by atoms with Crippen LogP contribution in [0.5, 0.6) is 0 Å². The van der Waals surface area contributed by atoms with Gasteiger partial charge in [-0.25, -0.2) is 0 Å². The van der Waals surface area contributed by atoms with Gasteiger partial charge in [-0.1, -0.05) is 140 Å². The molecule has 0 atom stereocenters. The van der Waals surface area contributed by atoms with Crippen molar-refractivity contribution in [2.24, 2.45) is 0 Å². The quantitative estimate of drug-likeness (QED) is 0.193. The molecule has 0 fully saturated rings. The monoisotopic (exact) mass is 586 g/mol. The molecular formula is C44H30N2. The summed E-state index contributed by atoms with van der Waals surface area (Å²) in [4.78, 5) is 3.68. The molecule has 1 heterocycles. The Morgan fingerprint density at radius 2 is 0.826 bits per heavy atom. The lowest BCUT2D eigenvalue weighted by Gasteiger charge is -2.18. The van der Waals surface area contributed by atoms with Crippen LogP contribution in [0.3, 0.4) is 0 Å². The van der Waals surface area contributed by atoms with Crippen LogP contribution in [0, 0.1) is 0 Å². The van der Waals surface area contributed by atoms with Crippen LogP contribution in [0.4, 0.5) is 11.4 Å². The molecule has 9 rings (SSSR count). The number of aromatic amines is 1. The Hall–Kier alpha value is -6.12. The molecule has 0 radical (unpaired) electrons. The highest BCUT2D eigenvalue weighted by Gasteiger charge is 2.17. The first-order valence-corrected chi connectivity index (χ1v) is 15.8. The lowest BCUT2D eigenvalue weighted by atomic mass is 9.86. The normalized spacial score (nSPS) is 11.5. The first kappa shape index (κ1) is 26.3. The van der Waals surface area contributed by atoms with Gasteiger partial charge in [-0.2, -0.15) is 0 Å². The van der Waals surface area contributed by atoms with Gasteiger partial charge in [0.15, 0.2) is 0 Å². The van der Waals surface area contributed by atoms with Gasteiger partial charge in [0.05, 0.1) is 5.52 Å². The minimum absolute atomic E-state index is 1.05. The summed E-state index contributed by atoms with van der Waals surface area (Å²) in [6.07, 6.45) is 0. The van der Waals surface area contributed by atoms with E-state index >= 15 is 0 Å². The van der Waals surface area contributed by atoms with Crippen LogP contribution in [0.1, 0.15) is 0 Å². The van der Waals surface area contributed by atoms with Crippen molar-refractivity contribution in [3.63, 3.8) is 0 Å². The third kappa shape index (κ3) is 4.35. The van der Waals surface area contributed by atoms with Crippen LogP contribution in [-0.4, -0.2) is 4.98 Å². The highest BCUT2D eigenvalue weighted by molar-refractivity contribution is 6.21. The fourth-order valence-electron chi connectivity index (χ4n) is 7.11. The number of rotatable bonds is 5. The van der Waals surface area contributed by atoms with Crippen LogP contribution in [0.25, 0.3) is 76.7 Å². The Balaban J connectivity index is 1.16. The van der Waals surface area contributed by atoms with E-state index in [4.69, 9.17) is 0 Å². The molecule has 0 aliphatic carbocycles. The summed E-state index contributed by atoms with van der Waals surface area (Å²) in [5.74, 6) is 0. The third-order valence-electron chi connectivity index (χ3n) is 9.16. The summed E-state index contributed by atoms with van der Waals surface area (Å²) in [5.41, 5.74) is 11.8. The molecule has 46 heavy (non-hydrogen) atoms. The summed E-state index contributed by atoms with van der Waals surface area (Å²) in [5, 5.41) is 11.2. The van der Waals surface area contributed by atoms with E-state index in [1.165, 1.54) is 65.7 Å². The van der Waals surface area contributed by atoms with Crippen LogP contribution in [0.15, 0.2) is 170 Å². The van der Waals surface area contributed by atoms with Gasteiger partial charge in [-0.15, -0.1) is 0 Å². The van der Waals surface area contributed by atoms with Crippen molar-refractivity contribution in [3.8, 4) is 33.4 Å². The van der Waals surface area contributed by atoms with Crippen LogP contribution < -0.4 is 5.32 Å². The Labute approximate surface area is 267 Å². The van der Waals surface area contributed by atoms with E-state index in [1.54, 1.807) is 0 Å². The van der Waals surface area contributed by atoms with Crippen molar-refractivity contribution < 1.29 is 0 Å². The molecular weight excluding hydrogens is 556 g/mol. The number of benzene rings is 8. The zero-order valence-electron chi connectivity index (χ0n) is 25.2. The molecule has 0 amide bonds. The molecule has 0 saturated heterocycles. The van der Waals surface area contributed by atoms with E-state index in [2.05, 4.69) is 180 Å². The lowest BCUT2D eigenvalue weighted by Crippen LogP contribution is -1.93. The Morgan fingerprint density at radius 1 is 0.348 bits per heavy atom. The van der Waals surface area contributed by atoms with E-state index in [9.17, 15) is 0 Å². The maximum absolute atomic E-state index is 3.73. The van der Waals surface area contributed by atoms with Crippen LogP contribution >= 0.6 is 0 Å². The van der Waals surface area contributed by atoms with Gasteiger partial charge in [0.2, 0.25) is 0 Å². The van der Waals surface area contributed by atoms with Crippen molar-refractivity contribution in [1.29, 1.82) is 0 Å². The maximum Gasteiger partial charge on any atom is 0.0546 e. The molecule has 1 aromatic heterocycles. The molecule has 2 N–H and O–H groups in total. The standard InChI is InChI=1S/C44H30N2/c1-3-13-29(14-4-1)39-27-33(28-40-34-17-11-12-22-41(34)46-44(39)40)45-32-25-23-31(24-26-32)43-37-20-9-7-18-35(37)42(30-15-5-2-6-16-30)36-19-8-10-21-38(36)43/h1-28,45-46H. The molecule has 0 spiro atoms. The molecule has 8 aromatic carbocycles. The molecule has 216 valence electrons. The Bertz CT molecular complexity index is 2470. The summed E-state index contributed by atoms with van der Waals surface area (Å²) in [6, 6.07) is 61.0. The molecule has 0 aliphatic heterocycles. The average Bonchev–Trinajstić information content (AvgIpc) is 3.50. The predicted octanol–water partition coefficient (Wildman–Crippen LogP) is 12.4.